The fourth-order valence-corrected chi connectivity index (χ4v) is 2.04. The predicted octanol–water partition coefficient (Wildman–Crippen LogP) is 2.28. The summed E-state index contributed by atoms with van der Waals surface area (Å²) >= 11 is 5.81. The Hall–Kier alpha value is -2.44. The van der Waals surface area contributed by atoms with Gasteiger partial charge in [0, 0.05) is 35.6 Å². The highest BCUT2D eigenvalue weighted by atomic mass is 35.5. The van der Waals surface area contributed by atoms with Gasteiger partial charge < -0.3 is 15.5 Å². The molecule has 24 heavy (non-hydrogen) atoms. The van der Waals surface area contributed by atoms with Crippen molar-refractivity contribution in [3.63, 3.8) is 0 Å². The molecule has 0 unspecified atom stereocenters. The van der Waals surface area contributed by atoms with E-state index < -0.39 is 0 Å². The SMILES string of the molecule is CN(C)CCNC(=O)c1cc(C(=O)Nc2ccc(Cl)cc2)ccn1. The number of likely N-dealkylation sites (N-methyl/N-ethyl adjacent to an activating group) is 1. The van der Waals surface area contributed by atoms with E-state index in [0.29, 0.717) is 22.8 Å². The average molecular weight is 347 g/mol. The lowest BCUT2D eigenvalue weighted by Crippen LogP contribution is -2.32. The fourth-order valence-electron chi connectivity index (χ4n) is 1.92. The second kappa shape index (κ2) is 8.42. The summed E-state index contributed by atoms with van der Waals surface area (Å²) in [5.74, 6) is -0.625. The van der Waals surface area contributed by atoms with Gasteiger partial charge in [-0.1, -0.05) is 11.6 Å². The highest BCUT2D eigenvalue weighted by Crippen LogP contribution is 2.14. The zero-order valence-corrected chi connectivity index (χ0v) is 14.3. The van der Waals surface area contributed by atoms with E-state index in [0.717, 1.165) is 6.54 Å². The molecule has 7 heteroatoms. The van der Waals surface area contributed by atoms with E-state index in [1.807, 2.05) is 19.0 Å². The molecular formula is C17H19ClN4O2. The monoisotopic (exact) mass is 346 g/mol. The fraction of sp³-hybridized carbons (Fsp3) is 0.235. The molecule has 0 saturated heterocycles. The molecule has 1 heterocycles. The number of nitrogens with zero attached hydrogens (tertiary/aromatic N) is 2. The molecule has 1 aromatic heterocycles. The van der Waals surface area contributed by atoms with Crippen LogP contribution in [0.2, 0.25) is 5.02 Å². The van der Waals surface area contributed by atoms with Crippen molar-refractivity contribution in [3.05, 3.63) is 58.9 Å². The molecule has 6 nitrogen and oxygen atoms in total. The van der Waals surface area contributed by atoms with E-state index in [1.165, 1.54) is 12.3 Å². The van der Waals surface area contributed by atoms with Gasteiger partial charge in [-0.2, -0.15) is 0 Å². The molecule has 0 aliphatic heterocycles. The van der Waals surface area contributed by atoms with E-state index in [-0.39, 0.29) is 17.5 Å². The van der Waals surface area contributed by atoms with Gasteiger partial charge in [0.15, 0.2) is 0 Å². The minimum Gasteiger partial charge on any atom is -0.349 e. The summed E-state index contributed by atoms with van der Waals surface area (Å²) < 4.78 is 0. The molecule has 0 spiro atoms. The third kappa shape index (κ3) is 5.33. The number of aromatic nitrogens is 1. The topological polar surface area (TPSA) is 74.3 Å². The van der Waals surface area contributed by atoms with E-state index >= 15 is 0 Å². The van der Waals surface area contributed by atoms with E-state index in [4.69, 9.17) is 11.6 Å². The Labute approximate surface area is 145 Å². The normalized spacial score (nSPS) is 10.5. The first-order valence-electron chi connectivity index (χ1n) is 7.41. The second-order valence-corrected chi connectivity index (χ2v) is 5.89. The number of halogens is 1. The third-order valence-corrected chi connectivity index (χ3v) is 3.45. The summed E-state index contributed by atoms with van der Waals surface area (Å²) in [6, 6.07) is 9.81. The van der Waals surface area contributed by atoms with Crippen molar-refractivity contribution in [1.29, 1.82) is 0 Å². The van der Waals surface area contributed by atoms with Crippen LogP contribution in [0, 0.1) is 0 Å². The van der Waals surface area contributed by atoms with Crippen LogP contribution in [0.5, 0.6) is 0 Å². The van der Waals surface area contributed by atoms with E-state index in [1.54, 1.807) is 30.3 Å². The lowest BCUT2D eigenvalue weighted by Gasteiger charge is -2.10. The standard InChI is InChI=1S/C17H19ClN4O2/c1-22(2)10-9-20-17(24)15-11-12(7-8-19-15)16(23)21-14-5-3-13(18)4-6-14/h3-8,11H,9-10H2,1-2H3,(H,20,24)(H,21,23). The maximum atomic E-state index is 12.3. The molecule has 0 bridgehead atoms. The number of benzene rings is 1. The molecule has 126 valence electrons. The van der Waals surface area contributed by atoms with Crippen LogP contribution < -0.4 is 10.6 Å². The number of carbonyl (C=O) groups is 2. The number of hydrogen-bond acceptors (Lipinski definition) is 4. The number of hydrogen-bond donors (Lipinski definition) is 2. The molecule has 0 fully saturated rings. The Morgan fingerprint density at radius 2 is 1.83 bits per heavy atom. The highest BCUT2D eigenvalue weighted by Gasteiger charge is 2.12. The molecule has 0 radical (unpaired) electrons. The summed E-state index contributed by atoms with van der Waals surface area (Å²) in [6.07, 6.45) is 1.44. The summed E-state index contributed by atoms with van der Waals surface area (Å²) in [5, 5.41) is 6.10. The van der Waals surface area contributed by atoms with Crippen LogP contribution in [0.1, 0.15) is 20.8 Å². The van der Waals surface area contributed by atoms with Crippen LogP contribution in [0.15, 0.2) is 42.6 Å². The van der Waals surface area contributed by atoms with E-state index in [2.05, 4.69) is 15.6 Å². The Morgan fingerprint density at radius 1 is 1.12 bits per heavy atom. The van der Waals surface area contributed by atoms with Crippen LogP contribution in [0.4, 0.5) is 5.69 Å². The van der Waals surface area contributed by atoms with Gasteiger partial charge in [-0.3, -0.25) is 14.6 Å². The van der Waals surface area contributed by atoms with Crippen molar-refractivity contribution in [2.75, 3.05) is 32.5 Å². The lowest BCUT2D eigenvalue weighted by atomic mass is 10.2. The van der Waals surface area contributed by atoms with Gasteiger partial charge in [0.05, 0.1) is 0 Å². The van der Waals surface area contributed by atoms with Crippen LogP contribution in [-0.2, 0) is 0 Å². The summed E-state index contributed by atoms with van der Waals surface area (Å²) in [4.78, 5) is 30.3. The van der Waals surface area contributed by atoms with Gasteiger partial charge in [-0.25, -0.2) is 0 Å². The van der Waals surface area contributed by atoms with Crippen LogP contribution in [0.3, 0.4) is 0 Å². The van der Waals surface area contributed by atoms with Crippen LogP contribution in [0.25, 0.3) is 0 Å². The first kappa shape index (κ1) is 17.9. The molecule has 0 atom stereocenters. The maximum Gasteiger partial charge on any atom is 0.269 e. The number of nitrogens with one attached hydrogen (secondary N) is 2. The number of amides is 2. The zero-order chi connectivity index (χ0) is 17.5. The summed E-state index contributed by atoms with van der Waals surface area (Å²) in [6.45, 7) is 1.23. The molecule has 0 saturated carbocycles. The number of anilines is 1. The Balaban J connectivity index is 2.02. The number of pyridine rings is 1. The largest absolute Gasteiger partial charge is 0.349 e. The Morgan fingerprint density at radius 3 is 2.50 bits per heavy atom. The molecular weight excluding hydrogens is 328 g/mol. The number of carbonyl (C=O) groups excluding carboxylic acids is 2. The van der Waals surface area contributed by atoms with Crippen LogP contribution >= 0.6 is 11.6 Å². The third-order valence-electron chi connectivity index (χ3n) is 3.20. The molecule has 1 aromatic carbocycles. The molecule has 2 N–H and O–H groups in total. The van der Waals surface area contributed by atoms with Gasteiger partial charge in [0.1, 0.15) is 5.69 Å². The van der Waals surface area contributed by atoms with Crippen LogP contribution in [-0.4, -0.2) is 48.9 Å². The first-order chi connectivity index (χ1) is 11.5. The quantitative estimate of drug-likeness (QED) is 0.841. The first-order valence-corrected chi connectivity index (χ1v) is 7.79. The maximum absolute atomic E-state index is 12.3. The van der Waals surface area contributed by atoms with Crippen molar-refractivity contribution in [2.45, 2.75) is 0 Å². The number of rotatable bonds is 6. The van der Waals surface area contributed by atoms with Gasteiger partial charge >= 0.3 is 0 Å². The molecule has 2 rings (SSSR count). The predicted molar refractivity (Wildman–Crippen MR) is 94.5 cm³/mol. The van der Waals surface area contributed by atoms with Gasteiger partial charge in [-0.05, 0) is 50.5 Å². The highest BCUT2D eigenvalue weighted by molar-refractivity contribution is 6.30. The molecule has 0 aliphatic carbocycles. The van der Waals surface area contributed by atoms with Crippen molar-refractivity contribution < 1.29 is 9.59 Å². The summed E-state index contributed by atoms with van der Waals surface area (Å²) in [7, 11) is 3.85. The molecule has 2 aromatic rings. The second-order valence-electron chi connectivity index (χ2n) is 5.45. The van der Waals surface area contributed by atoms with E-state index in [9.17, 15) is 9.59 Å². The molecule has 2 amide bonds. The van der Waals surface area contributed by atoms with Gasteiger partial charge in [0.25, 0.3) is 11.8 Å². The smallest absolute Gasteiger partial charge is 0.269 e. The van der Waals surface area contributed by atoms with Crippen molar-refractivity contribution in [3.8, 4) is 0 Å². The Kier molecular flexibility index (Phi) is 6.28. The minimum absolute atomic E-state index is 0.206. The van der Waals surface area contributed by atoms with Gasteiger partial charge in [-0.15, -0.1) is 0 Å². The van der Waals surface area contributed by atoms with Crippen molar-refractivity contribution in [1.82, 2.24) is 15.2 Å². The molecule has 0 aliphatic rings. The van der Waals surface area contributed by atoms with Crippen molar-refractivity contribution >= 4 is 29.1 Å². The summed E-state index contributed by atoms with van der Waals surface area (Å²) in [5.41, 5.74) is 1.19. The minimum atomic E-state index is -0.318. The lowest BCUT2D eigenvalue weighted by molar-refractivity contribution is 0.0946. The zero-order valence-electron chi connectivity index (χ0n) is 13.5. The van der Waals surface area contributed by atoms with Gasteiger partial charge in [0.2, 0.25) is 0 Å². The Bertz CT molecular complexity index is 717. The van der Waals surface area contributed by atoms with Crippen molar-refractivity contribution in [2.24, 2.45) is 0 Å². The average Bonchev–Trinajstić information content (AvgIpc) is 2.56.